The van der Waals surface area contributed by atoms with E-state index in [0.717, 1.165) is 0 Å². The maximum absolute atomic E-state index is 11.0. The highest BCUT2D eigenvalue weighted by Gasteiger charge is 2.33. The minimum absolute atomic E-state index is 0.0905. The minimum atomic E-state index is -1.52. The van der Waals surface area contributed by atoms with Crippen LogP contribution in [0.3, 0.4) is 0 Å². The molecule has 0 aliphatic carbocycles. The number of hydrogen-bond donors (Lipinski definition) is 5. The summed E-state index contributed by atoms with van der Waals surface area (Å²) < 4.78 is 0. The average Bonchev–Trinajstić information content (AvgIpc) is 2.25. The second-order valence-corrected chi connectivity index (χ2v) is 3.39. The molecule has 0 aromatic heterocycles. The number of nitro groups is 1. The van der Waals surface area contributed by atoms with E-state index in [4.69, 9.17) is 28.0 Å². The van der Waals surface area contributed by atoms with Crippen molar-refractivity contribution in [3.8, 4) is 0 Å². The van der Waals surface area contributed by atoms with Crippen LogP contribution in [0.4, 0.5) is 0 Å². The fourth-order valence-electron chi connectivity index (χ4n) is 1.17. The van der Waals surface area contributed by atoms with Crippen molar-refractivity contribution in [2.75, 3.05) is 6.54 Å². The van der Waals surface area contributed by atoms with Gasteiger partial charge in [-0.1, -0.05) is 0 Å². The summed E-state index contributed by atoms with van der Waals surface area (Å²) in [4.78, 5) is 25.3. The Bertz CT molecular complexity index is 387. The van der Waals surface area contributed by atoms with Gasteiger partial charge in [-0.2, -0.15) is 0 Å². The molecule has 0 aromatic carbocycles. The number of hydrazine groups is 1. The van der Waals surface area contributed by atoms with Gasteiger partial charge in [-0.3, -0.25) is 4.99 Å². The van der Waals surface area contributed by atoms with E-state index in [1.165, 1.54) is 0 Å². The van der Waals surface area contributed by atoms with Crippen molar-refractivity contribution in [2.45, 2.75) is 18.9 Å². The highest BCUT2D eigenvalue weighted by atomic mass is 16.7. The molecule has 9 N–H and O–H groups in total. The van der Waals surface area contributed by atoms with Crippen molar-refractivity contribution in [3.05, 3.63) is 10.1 Å². The van der Waals surface area contributed by atoms with Crippen LogP contribution in [-0.4, -0.2) is 45.7 Å². The van der Waals surface area contributed by atoms with Gasteiger partial charge in [0.1, 0.15) is 0 Å². The molecule has 0 radical (unpaired) electrons. The van der Waals surface area contributed by atoms with Crippen LogP contribution in [0.5, 0.6) is 0 Å². The molecule has 0 rings (SSSR count). The quantitative estimate of drug-likeness (QED) is 0.101. The Morgan fingerprint density at radius 2 is 1.89 bits per heavy atom. The number of aliphatic imine (C=N–C) groups is 1. The molecule has 0 heterocycles. The smallest absolute Gasteiger partial charge is 0.334 e. The van der Waals surface area contributed by atoms with Crippen LogP contribution in [0.25, 0.3) is 0 Å². The molecule has 0 aliphatic heterocycles. The van der Waals surface area contributed by atoms with Crippen molar-refractivity contribution in [3.63, 3.8) is 0 Å². The summed E-state index contributed by atoms with van der Waals surface area (Å²) in [7, 11) is 0. The van der Waals surface area contributed by atoms with Gasteiger partial charge in [0.2, 0.25) is 6.04 Å². The van der Waals surface area contributed by atoms with Crippen LogP contribution in [0.15, 0.2) is 10.1 Å². The molecule has 0 fully saturated rings. The van der Waals surface area contributed by atoms with Crippen molar-refractivity contribution < 1.29 is 14.9 Å². The monoisotopic (exact) mass is 276 g/mol. The number of aliphatic carboxylic acids is 1. The number of nitrogens with two attached hydrogens (primary N) is 4. The Balaban J connectivity index is 4.77. The van der Waals surface area contributed by atoms with Crippen molar-refractivity contribution in [1.29, 1.82) is 0 Å². The summed E-state index contributed by atoms with van der Waals surface area (Å²) >= 11 is 0. The number of hydrogen-bond acceptors (Lipinski definition) is 5. The molecule has 0 bridgehead atoms. The van der Waals surface area contributed by atoms with Gasteiger partial charge >= 0.3 is 11.9 Å². The van der Waals surface area contributed by atoms with E-state index in [1.54, 1.807) is 0 Å². The zero-order valence-electron chi connectivity index (χ0n) is 9.97. The Morgan fingerprint density at radius 3 is 2.26 bits per heavy atom. The number of carboxylic acids is 1. The molecular weight excluding hydrogens is 260 g/mol. The van der Waals surface area contributed by atoms with Crippen LogP contribution < -0.4 is 22.9 Å². The van der Waals surface area contributed by atoms with Crippen molar-refractivity contribution in [2.24, 2.45) is 33.0 Å². The Hall–Kier alpha value is -2.79. The molecule has 0 aromatic rings. The zero-order valence-corrected chi connectivity index (χ0v) is 9.97. The van der Waals surface area contributed by atoms with E-state index in [-0.39, 0.29) is 30.5 Å². The normalized spacial score (nSPS) is 11.2. The number of hydrazone groups is 1. The summed E-state index contributed by atoms with van der Waals surface area (Å²) in [5.74, 6) is -2.21. The molecule has 19 heavy (non-hydrogen) atoms. The Morgan fingerprint density at radius 1 is 1.32 bits per heavy atom. The first-order valence-corrected chi connectivity index (χ1v) is 5.07. The first-order chi connectivity index (χ1) is 8.75. The lowest BCUT2D eigenvalue weighted by Gasteiger charge is -2.16. The lowest BCUT2D eigenvalue weighted by Crippen LogP contribution is -2.43. The third-order valence-corrected chi connectivity index (χ3v) is 1.88. The van der Waals surface area contributed by atoms with Gasteiger partial charge in [0.15, 0.2) is 5.96 Å². The van der Waals surface area contributed by atoms with Crippen molar-refractivity contribution in [1.82, 2.24) is 5.12 Å². The summed E-state index contributed by atoms with van der Waals surface area (Å²) in [6, 6.07) is -1.52. The lowest BCUT2D eigenvalue weighted by molar-refractivity contribution is -0.663. The molecule has 0 saturated carbocycles. The average molecular weight is 276 g/mol. The summed E-state index contributed by atoms with van der Waals surface area (Å²) in [6.07, 6.45) is 0.100. The van der Waals surface area contributed by atoms with Gasteiger partial charge in [0, 0.05) is 11.7 Å². The van der Waals surface area contributed by atoms with Crippen LogP contribution in [0.2, 0.25) is 0 Å². The first kappa shape index (κ1) is 16.2. The van der Waals surface area contributed by atoms with Crippen LogP contribution in [-0.2, 0) is 4.79 Å². The lowest BCUT2D eigenvalue weighted by atomic mass is 10.1. The summed E-state index contributed by atoms with van der Waals surface area (Å²) in [5.41, 5.74) is 20.2. The van der Waals surface area contributed by atoms with Gasteiger partial charge in [-0.05, 0) is 12.8 Å². The van der Waals surface area contributed by atoms with E-state index in [1.807, 2.05) is 0 Å². The molecule has 0 saturated heterocycles. The number of guanidine groups is 2. The Labute approximate surface area is 107 Å². The highest BCUT2D eigenvalue weighted by molar-refractivity contribution is 5.77. The third-order valence-electron chi connectivity index (χ3n) is 1.88. The number of rotatable bonds is 8. The van der Waals surface area contributed by atoms with E-state index in [0.29, 0.717) is 0 Å². The molecule has 0 amide bonds. The predicted octanol–water partition coefficient (Wildman–Crippen LogP) is -2.82. The van der Waals surface area contributed by atoms with Gasteiger partial charge < -0.3 is 38.2 Å². The molecule has 1 atom stereocenters. The molecule has 108 valence electrons. The van der Waals surface area contributed by atoms with Crippen LogP contribution in [0, 0.1) is 10.1 Å². The molecule has 0 aliphatic rings. The molecule has 12 nitrogen and oxygen atoms in total. The molecule has 12 heteroatoms. The SMILES string of the molecule is NC(N)=NCCC[C@@H](C(=O)O)N(N=C(N)N)[N+](=O)[O-]. The second kappa shape index (κ2) is 7.52. The molecule has 0 spiro atoms. The van der Waals surface area contributed by atoms with Crippen molar-refractivity contribution >= 4 is 17.9 Å². The van der Waals surface area contributed by atoms with Crippen LogP contribution in [0.1, 0.15) is 12.8 Å². The fraction of sp³-hybridized carbons (Fsp3) is 0.571. The topological polar surface area (TPSA) is 212 Å². The van der Waals surface area contributed by atoms with Crippen LogP contribution >= 0.6 is 0 Å². The zero-order chi connectivity index (χ0) is 15.0. The largest absolute Gasteiger partial charge is 0.479 e. The highest BCUT2D eigenvalue weighted by Crippen LogP contribution is 2.09. The number of nitrogens with zero attached hydrogens (tertiary/aromatic N) is 4. The predicted molar refractivity (Wildman–Crippen MR) is 66.0 cm³/mol. The summed E-state index contributed by atoms with van der Waals surface area (Å²) in [5, 5.41) is 21.9. The second-order valence-electron chi connectivity index (χ2n) is 3.39. The number of carbonyl (C=O) groups is 1. The van der Waals surface area contributed by atoms with Gasteiger partial charge in [-0.25, -0.2) is 4.79 Å². The van der Waals surface area contributed by atoms with Gasteiger partial charge in [0.05, 0.1) is 10.1 Å². The van der Waals surface area contributed by atoms with Gasteiger partial charge in [0.25, 0.3) is 0 Å². The summed E-state index contributed by atoms with van der Waals surface area (Å²) in [6.45, 7) is 0.138. The Kier molecular flexibility index (Phi) is 6.42. The van der Waals surface area contributed by atoms with E-state index in [9.17, 15) is 14.9 Å². The molecule has 0 unspecified atom stereocenters. The van der Waals surface area contributed by atoms with E-state index < -0.39 is 23.0 Å². The third kappa shape index (κ3) is 6.50. The maximum Gasteiger partial charge on any atom is 0.334 e. The van der Waals surface area contributed by atoms with Gasteiger partial charge in [-0.15, -0.1) is 0 Å². The van der Waals surface area contributed by atoms with E-state index in [2.05, 4.69) is 10.1 Å². The number of carboxylic acid groups (broad SMARTS) is 1. The fourth-order valence-corrected chi connectivity index (χ4v) is 1.17. The molecular formula is C7H16N8O4. The minimum Gasteiger partial charge on any atom is -0.479 e. The standard InChI is InChI=1S/C7H16N8O4/c8-6(9)12-3-1-2-4(5(16)17)14(15(18)19)13-7(10)11/h4H,1-3H2,(H,16,17)(H4,8,9,12)(H4,10,11,13)/t4-/m0/s1. The first-order valence-electron chi connectivity index (χ1n) is 5.07. The van der Waals surface area contributed by atoms with E-state index >= 15 is 0 Å². The maximum atomic E-state index is 11.0.